The Morgan fingerprint density at radius 1 is 1.58 bits per heavy atom. The van der Waals surface area contributed by atoms with Crippen molar-refractivity contribution in [2.24, 2.45) is 5.92 Å². The van der Waals surface area contributed by atoms with E-state index in [0.717, 1.165) is 19.5 Å². The summed E-state index contributed by atoms with van der Waals surface area (Å²) in [5.41, 5.74) is 0.555. The summed E-state index contributed by atoms with van der Waals surface area (Å²) in [5.74, 6) is -0.585. The van der Waals surface area contributed by atoms with Crippen LogP contribution in [-0.4, -0.2) is 45.1 Å². The molecule has 104 valence electrons. The largest absolute Gasteiger partial charge is 0.480 e. The Hall–Kier alpha value is -1.96. The molecule has 1 aromatic rings. The number of carboxylic acid groups (broad SMARTS) is 1. The van der Waals surface area contributed by atoms with Crippen LogP contribution in [0, 0.1) is 5.92 Å². The van der Waals surface area contributed by atoms with Gasteiger partial charge in [-0.2, -0.15) is 0 Å². The summed E-state index contributed by atoms with van der Waals surface area (Å²) in [4.78, 5) is 22.1. The van der Waals surface area contributed by atoms with E-state index in [2.05, 4.69) is 20.9 Å². The number of carboxylic acids is 1. The molecule has 0 aromatic carbocycles. The number of hydrogen-bond acceptors (Lipinski definition) is 5. The van der Waals surface area contributed by atoms with Crippen LogP contribution < -0.4 is 10.6 Å². The predicted molar refractivity (Wildman–Crippen MR) is 65.1 cm³/mol. The number of carbonyl (C=O) groups excluding carboxylic acids is 1. The molecular weight excluding hydrogens is 250 g/mol. The van der Waals surface area contributed by atoms with E-state index in [0.29, 0.717) is 18.0 Å². The zero-order valence-corrected chi connectivity index (χ0v) is 10.5. The molecule has 1 unspecified atom stereocenters. The topological polar surface area (TPSA) is 109 Å². The molecule has 0 aliphatic carbocycles. The third-order valence-corrected chi connectivity index (χ3v) is 2.99. The molecule has 1 aromatic heterocycles. The molecule has 19 heavy (non-hydrogen) atoms. The lowest BCUT2D eigenvalue weighted by Gasteiger charge is -2.07. The van der Waals surface area contributed by atoms with Crippen molar-refractivity contribution < 1.29 is 14.7 Å². The highest BCUT2D eigenvalue weighted by molar-refractivity contribution is 5.76. The SMILES string of the molecule is O=C(O)Cn1cc(CNC(=O)CC2CCNC2)nn1. The van der Waals surface area contributed by atoms with Crippen molar-refractivity contribution in [2.45, 2.75) is 25.9 Å². The third-order valence-electron chi connectivity index (χ3n) is 2.99. The molecule has 1 aliphatic rings. The lowest BCUT2D eigenvalue weighted by atomic mass is 10.0. The Morgan fingerprint density at radius 2 is 2.42 bits per heavy atom. The van der Waals surface area contributed by atoms with Crippen molar-refractivity contribution in [1.82, 2.24) is 25.6 Å². The maximum Gasteiger partial charge on any atom is 0.325 e. The van der Waals surface area contributed by atoms with Crippen LogP contribution in [0.5, 0.6) is 0 Å². The molecule has 0 bridgehead atoms. The number of aliphatic carboxylic acids is 1. The summed E-state index contributed by atoms with van der Waals surface area (Å²) in [6.07, 6.45) is 3.06. The second-order valence-electron chi connectivity index (χ2n) is 4.64. The standard InChI is InChI=1S/C11H17N5O3/c17-10(3-8-1-2-12-4-8)13-5-9-6-16(15-14-9)7-11(18)19/h6,8,12H,1-5,7H2,(H,13,17)(H,18,19). The van der Waals surface area contributed by atoms with Gasteiger partial charge in [0.05, 0.1) is 12.7 Å². The predicted octanol–water partition coefficient (Wildman–Crippen LogP) is -1.02. The molecule has 1 aliphatic heterocycles. The van der Waals surface area contributed by atoms with Crippen LogP contribution >= 0.6 is 0 Å². The molecule has 8 heteroatoms. The third kappa shape index (κ3) is 4.32. The van der Waals surface area contributed by atoms with Gasteiger partial charge in [-0.1, -0.05) is 5.21 Å². The molecule has 0 saturated carbocycles. The number of carbonyl (C=O) groups is 2. The van der Waals surface area contributed by atoms with Gasteiger partial charge in [-0.3, -0.25) is 9.59 Å². The second-order valence-corrected chi connectivity index (χ2v) is 4.64. The van der Waals surface area contributed by atoms with Crippen LogP contribution in [0.2, 0.25) is 0 Å². The normalized spacial score (nSPS) is 18.4. The first kappa shape index (κ1) is 13.5. The molecule has 2 heterocycles. The summed E-state index contributed by atoms with van der Waals surface area (Å²) in [6, 6.07) is 0. The van der Waals surface area contributed by atoms with Gasteiger partial charge in [-0.05, 0) is 25.4 Å². The van der Waals surface area contributed by atoms with E-state index >= 15 is 0 Å². The Kier molecular flexibility index (Phi) is 4.45. The fourth-order valence-corrected chi connectivity index (χ4v) is 2.05. The number of amides is 1. The second kappa shape index (κ2) is 6.28. The van der Waals surface area contributed by atoms with Gasteiger partial charge in [0.15, 0.2) is 0 Å². The average Bonchev–Trinajstić information content (AvgIpc) is 2.97. The smallest absolute Gasteiger partial charge is 0.325 e. The van der Waals surface area contributed by atoms with Crippen molar-refractivity contribution >= 4 is 11.9 Å². The van der Waals surface area contributed by atoms with Gasteiger partial charge in [-0.15, -0.1) is 5.10 Å². The first-order chi connectivity index (χ1) is 9.13. The Bertz CT molecular complexity index is 453. The van der Waals surface area contributed by atoms with E-state index in [1.807, 2.05) is 0 Å². The molecule has 1 atom stereocenters. The van der Waals surface area contributed by atoms with Crippen LogP contribution in [0.15, 0.2) is 6.20 Å². The Labute approximate surface area is 110 Å². The molecule has 1 amide bonds. The van der Waals surface area contributed by atoms with Gasteiger partial charge >= 0.3 is 5.97 Å². The van der Waals surface area contributed by atoms with Gasteiger partial charge in [0.25, 0.3) is 0 Å². The van der Waals surface area contributed by atoms with Crippen molar-refractivity contribution in [2.75, 3.05) is 13.1 Å². The molecule has 8 nitrogen and oxygen atoms in total. The number of aromatic nitrogens is 3. The Morgan fingerprint density at radius 3 is 3.11 bits per heavy atom. The van der Waals surface area contributed by atoms with Gasteiger partial charge in [-0.25, -0.2) is 4.68 Å². The van der Waals surface area contributed by atoms with Gasteiger partial charge in [0.1, 0.15) is 12.2 Å². The first-order valence-corrected chi connectivity index (χ1v) is 6.21. The first-order valence-electron chi connectivity index (χ1n) is 6.21. The van der Waals surface area contributed by atoms with Crippen molar-refractivity contribution in [3.63, 3.8) is 0 Å². The van der Waals surface area contributed by atoms with Crippen molar-refractivity contribution in [3.8, 4) is 0 Å². The molecule has 1 fully saturated rings. The van der Waals surface area contributed by atoms with Crippen LogP contribution in [0.3, 0.4) is 0 Å². The molecule has 2 rings (SSSR count). The highest BCUT2D eigenvalue weighted by Crippen LogP contribution is 2.11. The zero-order valence-electron chi connectivity index (χ0n) is 10.5. The molecule has 0 radical (unpaired) electrons. The van der Waals surface area contributed by atoms with Gasteiger partial charge in [0.2, 0.25) is 5.91 Å². The summed E-state index contributed by atoms with van der Waals surface area (Å²) >= 11 is 0. The van der Waals surface area contributed by atoms with E-state index in [-0.39, 0.29) is 19.0 Å². The molecule has 0 spiro atoms. The average molecular weight is 267 g/mol. The van der Waals surface area contributed by atoms with E-state index in [1.54, 1.807) is 0 Å². The van der Waals surface area contributed by atoms with Crippen LogP contribution in [-0.2, 0) is 22.7 Å². The lowest BCUT2D eigenvalue weighted by Crippen LogP contribution is -2.26. The summed E-state index contributed by atoms with van der Waals surface area (Å²) < 4.78 is 1.23. The minimum absolute atomic E-state index is 0.0125. The maximum absolute atomic E-state index is 11.7. The number of nitrogens with one attached hydrogen (secondary N) is 2. The molecule has 3 N–H and O–H groups in total. The summed E-state index contributed by atoms with van der Waals surface area (Å²) in [7, 11) is 0. The maximum atomic E-state index is 11.7. The number of hydrogen-bond donors (Lipinski definition) is 3. The van der Waals surface area contributed by atoms with E-state index in [9.17, 15) is 9.59 Å². The highest BCUT2D eigenvalue weighted by atomic mass is 16.4. The van der Waals surface area contributed by atoms with Crippen LogP contribution in [0.25, 0.3) is 0 Å². The van der Waals surface area contributed by atoms with Gasteiger partial charge < -0.3 is 15.7 Å². The minimum atomic E-state index is -0.978. The van der Waals surface area contributed by atoms with E-state index < -0.39 is 5.97 Å². The van der Waals surface area contributed by atoms with E-state index in [4.69, 9.17) is 5.11 Å². The number of nitrogens with zero attached hydrogens (tertiary/aromatic N) is 3. The monoisotopic (exact) mass is 267 g/mol. The summed E-state index contributed by atoms with van der Waals surface area (Å²) in [6.45, 7) is 1.91. The number of rotatable bonds is 6. The lowest BCUT2D eigenvalue weighted by molar-refractivity contribution is -0.138. The minimum Gasteiger partial charge on any atom is -0.480 e. The van der Waals surface area contributed by atoms with Crippen molar-refractivity contribution in [1.29, 1.82) is 0 Å². The highest BCUT2D eigenvalue weighted by Gasteiger charge is 2.17. The quantitative estimate of drug-likeness (QED) is 0.608. The van der Waals surface area contributed by atoms with Crippen molar-refractivity contribution in [3.05, 3.63) is 11.9 Å². The van der Waals surface area contributed by atoms with Crippen LogP contribution in [0.1, 0.15) is 18.5 Å². The molecule has 1 saturated heterocycles. The van der Waals surface area contributed by atoms with E-state index in [1.165, 1.54) is 10.9 Å². The fraction of sp³-hybridized carbons (Fsp3) is 0.636. The fourth-order valence-electron chi connectivity index (χ4n) is 2.05. The molecular formula is C11H17N5O3. The summed E-state index contributed by atoms with van der Waals surface area (Å²) in [5, 5.41) is 22.0. The Balaban J connectivity index is 1.73. The zero-order chi connectivity index (χ0) is 13.7. The van der Waals surface area contributed by atoms with Gasteiger partial charge in [0, 0.05) is 6.42 Å². The van der Waals surface area contributed by atoms with Crippen LogP contribution in [0.4, 0.5) is 0 Å².